The lowest BCUT2D eigenvalue weighted by atomic mass is 10.1. The first-order chi connectivity index (χ1) is 10.5. The number of aliphatic carboxylic acids is 1. The predicted molar refractivity (Wildman–Crippen MR) is 92.8 cm³/mol. The van der Waals surface area contributed by atoms with Crippen LogP contribution in [-0.2, 0) is 20.7 Å². The van der Waals surface area contributed by atoms with Crippen LogP contribution >= 0.6 is 22.6 Å². The monoisotopic (exact) mass is 419 g/mol. The van der Waals surface area contributed by atoms with Crippen LogP contribution in [0.1, 0.15) is 24.8 Å². The first-order valence-corrected chi connectivity index (χ1v) is 8.33. The molecule has 0 fully saturated rings. The SMILES string of the molecule is COCCN(CC(=O)O)C(=O)CCCCc1ccc(I)cc1. The summed E-state index contributed by atoms with van der Waals surface area (Å²) < 4.78 is 6.12. The molecule has 122 valence electrons. The van der Waals surface area contributed by atoms with E-state index in [1.807, 2.05) is 0 Å². The van der Waals surface area contributed by atoms with Crippen molar-refractivity contribution in [2.75, 3.05) is 26.8 Å². The summed E-state index contributed by atoms with van der Waals surface area (Å²) in [5.41, 5.74) is 1.26. The maximum absolute atomic E-state index is 12.0. The van der Waals surface area contributed by atoms with E-state index < -0.39 is 5.97 Å². The van der Waals surface area contributed by atoms with Gasteiger partial charge < -0.3 is 14.7 Å². The average Bonchev–Trinajstić information content (AvgIpc) is 2.49. The molecular weight excluding hydrogens is 397 g/mol. The van der Waals surface area contributed by atoms with E-state index in [-0.39, 0.29) is 12.5 Å². The molecule has 0 radical (unpaired) electrons. The Morgan fingerprint density at radius 1 is 1.23 bits per heavy atom. The van der Waals surface area contributed by atoms with Gasteiger partial charge in [0, 0.05) is 23.6 Å². The van der Waals surface area contributed by atoms with Gasteiger partial charge in [0.1, 0.15) is 6.54 Å². The van der Waals surface area contributed by atoms with Gasteiger partial charge in [0.15, 0.2) is 0 Å². The summed E-state index contributed by atoms with van der Waals surface area (Å²) >= 11 is 2.27. The number of rotatable bonds is 10. The maximum Gasteiger partial charge on any atom is 0.323 e. The number of carboxylic acids is 1. The number of ether oxygens (including phenoxy) is 1. The molecule has 1 amide bonds. The molecule has 0 heterocycles. The first kappa shape index (κ1) is 18.9. The molecule has 0 saturated heterocycles. The van der Waals surface area contributed by atoms with E-state index in [0.29, 0.717) is 19.6 Å². The molecule has 1 rings (SSSR count). The summed E-state index contributed by atoms with van der Waals surface area (Å²) in [6.07, 6.45) is 2.98. The topological polar surface area (TPSA) is 66.8 Å². The van der Waals surface area contributed by atoms with Crippen LogP contribution in [0.5, 0.6) is 0 Å². The summed E-state index contributed by atoms with van der Waals surface area (Å²) in [5.74, 6) is -1.12. The first-order valence-electron chi connectivity index (χ1n) is 7.26. The van der Waals surface area contributed by atoms with Crippen LogP contribution in [0, 0.1) is 3.57 Å². The Hall–Kier alpha value is -1.15. The van der Waals surface area contributed by atoms with Gasteiger partial charge in [-0.25, -0.2) is 0 Å². The van der Waals surface area contributed by atoms with Crippen LogP contribution in [0.15, 0.2) is 24.3 Å². The van der Waals surface area contributed by atoms with Crippen LogP contribution in [0.4, 0.5) is 0 Å². The van der Waals surface area contributed by atoms with Crippen molar-refractivity contribution < 1.29 is 19.4 Å². The molecule has 1 aromatic carbocycles. The van der Waals surface area contributed by atoms with E-state index in [4.69, 9.17) is 9.84 Å². The largest absolute Gasteiger partial charge is 0.480 e. The van der Waals surface area contributed by atoms with E-state index in [9.17, 15) is 9.59 Å². The van der Waals surface area contributed by atoms with Gasteiger partial charge >= 0.3 is 5.97 Å². The molecule has 0 aliphatic heterocycles. The zero-order chi connectivity index (χ0) is 16.4. The number of hydrogen-bond donors (Lipinski definition) is 1. The smallest absolute Gasteiger partial charge is 0.323 e. The van der Waals surface area contributed by atoms with Gasteiger partial charge in [-0.3, -0.25) is 9.59 Å². The van der Waals surface area contributed by atoms with E-state index in [0.717, 1.165) is 19.3 Å². The molecule has 1 N–H and O–H groups in total. The lowest BCUT2D eigenvalue weighted by molar-refractivity contribution is -0.144. The fourth-order valence-corrected chi connectivity index (χ4v) is 2.43. The van der Waals surface area contributed by atoms with Crippen molar-refractivity contribution in [2.24, 2.45) is 0 Å². The number of amides is 1. The molecule has 22 heavy (non-hydrogen) atoms. The van der Waals surface area contributed by atoms with Crippen LogP contribution in [-0.4, -0.2) is 48.7 Å². The minimum absolute atomic E-state index is 0.123. The lowest BCUT2D eigenvalue weighted by Crippen LogP contribution is -2.37. The van der Waals surface area contributed by atoms with E-state index in [2.05, 4.69) is 46.9 Å². The Bertz CT molecular complexity index is 476. The Kier molecular flexibility index (Phi) is 9.07. The van der Waals surface area contributed by atoms with Crippen LogP contribution in [0.2, 0.25) is 0 Å². The number of carbonyl (C=O) groups excluding carboxylic acids is 1. The number of carboxylic acid groups (broad SMARTS) is 1. The Labute approximate surface area is 144 Å². The normalized spacial score (nSPS) is 10.5. The molecule has 0 bridgehead atoms. The second-order valence-electron chi connectivity index (χ2n) is 5.04. The fraction of sp³-hybridized carbons (Fsp3) is 0.500. The average molecular weight is 419 g/mol. The Morgan fingerprint density at radius 3 is 2.50 bits per heavy atom. The minimum Gasteiger partial charge on any atom is -0.480 e. The molecule has 0 saturated carbocycles. The highest BCUT2D eigenvalue weighted by Crippen LogP contribution is 2.11. The summed E-state index contributed by atoms with van der Waals surface area (Å²) in [4.78, 5) is 24.2. The summed E-state index contributed by atoms with van der Waals surface area (Å²) in [6.45, 7) is 0.403. The van der Waals surface area contributed by atoms with E-state index in [1.165, 1.54) is 21.1 Å². The van der Waals surface area contributed by atoms with E-state index in [1.54, 1.807) is 0 Å². The van der Waals surface area contributed by atoms with Crippen molar-refractivity contribution in [1.82, 2.24) is 4.90 Å². The zero-order valence-corrected chi connectivity index (χ0v) is 14.9. The van der Waals surface area contributed by atoms with Crippen molar-refractivity contribution >= 4 is 34.5 Å². The number of benzene rings is 1. The van der Waals surface area contributed by atoms with Crippen molar-refractivity contribution in [3.05, 3.63) is 33.4 Å². The second-order valence-corrected chi connectivity index (χ2v) is 6.28. The summed E-state index contributed by atoms with van der Waals surface area (Å²) in [6, 6.07) is 8.33. The molecule has 0 aliphatic carbocycles. The number of aryl methyl sites for hydroxylation is 1. The van der Waals surface area contributed by atoms with Gasteiger partial charge in [0.25, 0.3) is 0 Å². The van der Waals surface area contributed by atoms with Crippen LogP contribution < -0.4 is 0 Å². The molecule has 0 unspecified atom stereocenters. The minimum atomic E-state index is -0.997. The van der Waals surface area contributed by atoms with E-state index >= 15 is 0 Å². The highest BCUT2D eigenvalue weighted by Gasteiger charge is 2.15. The molecule has 0 spiro atoms. The summed E-state index contributed by atoms with van der Waals surface area (Å²) in [5, 5.41) is 8.84. The van der Waals surface area contributed by atoms with Gasteiger partial charge in [-0.05, 0) is 59.5 Å². The molecular formula is C16H22INO4. The predicted octanol–water partition coefficient (Wildman–Crippen LogP) is 2.56. The zero-order valence-electron chi connectivity index (χ0n) is 12.8. The molecule has 0 aromatic heterocycles. The molecule has 0 aliphatic rings. The number of halogens is 1. The number of methoxy groups -OCH3 is 1. The van der Waals surface area contributed by atoms with Crippen molar-refractivity contribution in [3.63, 3.8) is 0 Å². The van der Waals surface area contributed by atoms with Crippen LogP contribution in [0.3, 0.4) is 0 Å². The van der Waals surface area contributed by atoms with Gasteiger partial charge in [-0.1, -0.05) is 12.1 Å². The summed E-state index contributed by atoms with van der Waals surface area (Å²) in [7, 11) is 1.53. The van der Waals surface area contributed by atoms with Gasteiger partial charge in [-0.2, -0.15) is 0 Å². The number of unbranched alkanes of at least 4 members (excludes halogenated alkanes) is 1. The third kappa shape index (κ3) is 7.74. The Balaban J connectivity index is 2.32. The van der Waals surface area contributed by atoms with Crippen molar-refractivity contribution in [1.29, 1.82) is 0 Å². The standard InChI is InChI=1S/C16H22INO4/c1-22-11-10-18(12-16(20)21)15(19)5-3-2-4-13-6-8-14(17)9-7-13/h6-9H,2-5,10-12H2,1H3,(H,20,21). The van der Waals surface area contributed by atoms with Crippen LogP contribution in [0.25, 0.3) is 0 Å². The second kappa shape index (κ2) is 10.6. The maximum atomic E-state index is 12.0. The third-order valence-corrected chi connectivity index (χ3v) is 3.98. The number of nitrogens with zero attached hydrogens (tertiary/aromatic N) is 1. The Morgan fingerprint density at radius 2 is 1.91 bits per heavy atom. The highest BCUT2D eigenvalue weighted by molar-refractivity contribution is 14.1. The van der Waals surface area contributed by atoms with Gasteiger partial charge in [0.05, 0.1) is 6.61 Å². The van der Waals surface area contributed by atoms with Crippen molar-refractivity contribution in [2.45, 2.75) is 25.7 Å². The molecule has 6 heteroatoms. The fourth-order valence-electron chi connectivity index (χ4n) is 2.07. The molecule has 0 atom stereocenters. The van der Waals surface area contributed by atoms with Gasteiger partial charge in [0.2, 0.25) is 5.91 Å². The van der Waals surface area contributed by atoms with Gasteiger partial charge in [-0.15, -0.1) is 0 Å². The van der Waals surface area contributed by atoms with Crippen molar-refractivity contribution in [3.8, 4) is 0 Å². The quantitative estimate of drug-likeness (QED) is 0.468. The molecule has 1 aromatic rings. The number of hydrogen-bond acceptors (Lipinski definition) is 3. The number of carbonyl (C=O) groups is 2. The third-order valence-electron chi connectivity index (χ3n) is 3.26. The highest BCUT2D eigenvalue weighted by atomic mass is 127. The molecule has 5 nitrogen and oxygen atoms in total. The lowest BCUT2D eigenvalue weighted by Gasteiger charge is -2.20.